The van der Waals surface area contributed by atoms with Gasteiger partial charge in [0.2, 0.25) is 0 Å². The molecule has 1 N–H and O–H groups in total. The summed E-state index contributed by atoms with van der Waals surface area (Å²) in [7, 11) is 0. The molecule has 0 heterocycles. The van der Waals surface area contributed by atoms with Crippen LogP contribution in [0.1, 0.15) is 58.8 Å². The second-order valence-electron chi connectivity index (χ2n) is 8.54. The van der Waals surface area contributed by atoms with Crippen LogP contribution in [0.2, 0.25) is 0 Å². The molecular formula is C19H26O3. The normalized spacial score (nSPS) is 51.0. The molecule has 3 fully saturated rings. The molecule has 0 amide bonds. The highest BCUT2D eigenvalue weighted by Gasteiger charge is 2.60. The van der Waals surface area contributed by atoms with E-state index in [1.54, 1.807) is 0 Å². The average Bonchev–Trinajstić information content (AvgIpc) is 2.77. The second-order valence-corrected chi connectivity index (χ2v) is 8.54. The number of carbonyl (C=O) groups excluding carboxylic acids is 2. The molecule has 120 valence electrons. The molecule has 4 aliphatic rings. The number of rotatable bonds is 0. The number of hydrogen-bond acceptors (Lipinski definition) is 3. The maximum Gasteiger partial charge on any atom is 0.159 e. The van der Waals surface area contributed by atoms with Crippen molar-refractivity contribution in [2.24, 2.45) is 28.6 Å². The first-order valence-corrected chi connectivity index (χ1v) is 8.82. The predicted octanol–water partition coefficient (Wildman–Crippen LogP) is 3.06. The fourth-order valence-corrected chi connectivity index (χ4v) is 6.16. The molecule has 0 aromatic heterocycles. The molecule has 0 aromatic carbocycles. The van der Waals surface area contributed by atoms with Gasteiger partial charge < -0.3 is 5.11 Å². The maximum atomic E-state index is 12.9. The lowest BCUT2D eigenvalue weighted by Gasteiger charge is -2.55. The number of fused-ring (bicyclic) bond motifs is 5. The molecule has 0 aromatic rings. The summed E-state index contributed by atoms with van der Waals surface area (Å²) in [6, 6.07) is 0. The van der Waals surface area contributed by atoms with Crippen LogP contribution in [0.15, 0.2) is 11.6 Å². The summed E-state index contributed by atoms with van der Waals surface area (Å²) in [4.78, 5) is 25.2. The number of carbonyl (C=O) groups is 2. The van der Waals surface area contributed by atoms with Crippen molar-refractivity contribution >= 4 is 11.6 Å². The predicted molar refractivity (Wildman–Crippen MR) is 83.1 cm³/mol. The molecule has 0 aliphatic heterocycles. The minimum atomic E-state index is -0.286. The summed E-state index contributed by atoms with van der Waals surface area (Å²) in [6.07, 6.45) is 7.51. The molecule has 3 heteroatoms. The Bertz CT molecular complexity index is 577. The molecule has 22 heavy (non-hydrogen) atoms. The molecule has 4 aliphatic carbocycles. The molecule has 1 unspecified atom stereocenters. The van der Waals surface area contributed by atoms with E-state index in [4.69, 9.17) is 0 Å². The van der Waals surface area contributed by atoms with Crippen LogP contribution in [0, 0.1) is 28.6 Å². The van der Waals surface area contributed by atoms with Gasteiger partial charge in [0, 0.05) is 17.8 Å². The van der Waals surface area contributed by atoms with E-state index >= 15 is 0 Å². The van der Waals surface area contributed by atoms with E-state index in [1.807, 2.05) is 6.08 Å². The van der Waals surface area contributed by atoms with Gasteiger partial charge in [0.05, 0.1) is 6.10 Å². The first-order chi connectivity index (χ1) is 10.4. The zero-order valence-corrected chi connectivity index (χ0v) is 13.6. The molecular weight excluding hydrogens is 276 g/mol. The van der Waals surface area contributed by atoms with Crippen molar-refractivity contribution in [1.29, 1.82) is 0 Å². The Morgan fingerprint density at radius 3 is 2.50 bits per heavy atom. The molecule has 3 nitrogen and oxygen atoms in total. The Morgan fingerprint density at radius 1 is 1.05 bits per heavy atom. The molecule has 3 saturated carbocycles. The highest BCUT2D eigenvalue weighted by molar-refractivity contribution is 5.96. The smallest absolute Gasteiger partial charge is 0.159 e. The van der Waals surface area contributed by atoms with Crippen LogP contribution in [0.5, 0.6) is 0 Å². The van der Waals surface area contributed by atoms with Gasteiger partial charge in [0.1, 0.15) is 5.78 Å². The zero-order chi connectivity index (χ0) is 15.7. The fourth-order valence-electron chi connectivity index (χ4n) is 6.16. The highest BCUT2D eigenvalue weighted by atomic mass is 16.3. The lowest BCUT2D eigenvalue weighted by Crippen LogP contribution is -2.53. The van der Waals surface area contributed by atoms with Gasteiger partial charge in [-0.2, -0.15) is 0 Å². The van der Waals surface area contributed by atoms with E-state index in [1.165, 1.54) is 5.57 Å². The van der Waals surface area contributed by atoms with E-state index in [-0.39, 0.29) is 34.6 Å². The number of ketones is 2. The van der Waals surface area contributed by atoms with E-state index in [9.17, 15) is 14.7 Å². The fraction of sp³-hybridized carbons (Fsp3) is 0.789. The molecule has 0 radical (unpaired) electrons. The van der Waals surface area contributed by atoms with E-state index in [2.05, 4.69) is 13.8 Å². The second kappa shape index (κ2) is 4.53. The topological polar surface area (TPSA) is 54.4 Å². The number of Topliss-reactive ketones (excluding diaryl/α,β-unsaturated/α-hetero) is 1. The Hall–Kier alpha value is -0.960. The van der Waals surface area contributed by atoms with E-state index in [0.29, 0.717) is 24.5 Å². The van der Waals surface area contributed by atoms with Gasteiger partial charge in [0.15, 0.2) is 5.78 Å². The van der Waals surface area contributed by atoms with Crippen molar-refractivity contribution in [3.05, 3.63) is 11.6 Å². The van der Waals surface area contributed by atoms with Crippen LogP contribution in [-0.2, 0) is 9.59 Å². The van der Waals surface area contributed by atoms with Crippen molar-refractivity contribution < 1.29 is 14.7 Å². The summed E-state index contributed by atoms with van der Waals surface area (Å²) >= 11 is 0. The van der Waals surface area contributed by atoms with Crippen LogP contribution in [0.25, 0.3) is 0 Å². The summed E-state index contributed by atoms with van der Waals surface area (Å²) in [6.45, 7) is 4.40. The van der Waals surface area contributed by atoms with Crippen molar-refractivity contribution in [3.63, 3.8) is 0 Å². The summed E-state index contributed by atoms with van der Waals surface area (Å²) in [5.41, 5.74) is 0.975. The molecule has 6 atom stereocenters. The minimum absolute atomic E-state index is 0.0363. The number of allylic oxidation sites excluding steroid dienone is 1. The molecule has 0 bridgehead atoms. The summed E-state index contributed by atoms with van der Waals surface area (Å²) in [5, 5.41) is 9.97. The zero-order valence-electron chi connectivity index (χ0n) is 13.6. The van der Waals surface area contributed by atoms with Crippen molar-refractivity contribution in [2.75, 3.05) is 0 Å². The Morgan fingerprint density at radius 2 is 1.73 bits per heavy atom. The van der Waals surface area contributed by atoms with Crippen LogP contribution in [0.4, 0.5) is 0 Å². The highest BCUT2D eigenvalue weighted by Crippen LogP contribution is 2.63. The SMILES string of the molecule is C[C@]12CCC(O)CC1=CC(=O)[C@@H]1[C@H]2CC[C@]2(C)C(=O)CC[C@@H]12. The quantitative estimate of drug-likeness (QED) is 0.748. The third-order valence-corrected chi connectivity index (χ3v) is 7.63. The standard InChI is InChI=1S/C19H26O3/c1-18-7-5-12(20)9-11(18)10-15(21)17-13-3-4-16(22)19(13,2)8-6-14(17)18/h10,12-14,17,20H,3-9H2,1-2H3/t12?,13-,14+,17-,18-,19-/m0/s1. The lowest BCUT2D eigenvalue weighted by molar-refractivity contribution is -0.139. The van der Waals surface area contributed by atoms with E-state index < -0.39 is 0 Å². The van der Waals surface area contributed by atoms with Gasteiger partial charge in [-0.15, -0.1) is 0 Å². The number of aliphatic hydroxyl groups excluding tert-OH is 1. The Labute approximate surface area is 132 Å². The first-order valence-electron chi connectivity index (χ1n) is 8.82. The Kier molecular flexibility index (Phi) is 3.01. The van der Waals surface area contributed by atoms with Gasteiger partial charge in [-0.3, -0.25) is 9.59 Å². The van der Waals surface area contributed by atoms with Crippen LogP contribution in [-0.4, -0.2) is 22.8 Å². The number of hydrogen-bond donors (Lipinski definition) is 1. The van der Waals surface area contributed by atoms with Crippen molar-refractivity contribution in [3.8, 4) is 0 Å². The number of aliphatic hydroxyl groups is 1. The van der Waals surface area contributed by atoms with Crippen LogP contribution < -0.4 is 0 Å². The minimum Gasteiger partial charge on any atom is -0.393 e. The Balaban J connectivity index is 1.76. The van der Waals surface area contributed by atoms with Gasteiger partial charge in [-0.05, 0) is 61.9 Å². The van der Waals surface area contributed by atoms with E-state index in [0.717, 1.165) is 32.1 Å². The molecule has 0 spiro atoms. The molecule has 4 rings (SSSR count). The largest absolute Gasteiger partial charge is 0.393 e. The van der Waals surface area contributed by atoms with Gasteiger partial charge >= 0.3 is 0 Å². The van der Waals surface area contributed by atoms with Crippen LogP contribution >= 0.6 is 0 Å². The monoisotopic (exact) mass is 302 g/mol. The third-order valence-electron chi connectivity index (χ3n) is 7.63. The maximum absolute atomic E-state index is 12.9. The lowest BCUT2D eigenvalue weighted by atomic mass is 9.48. The first kappa shape index (κ1) is 14.6. The van der Waals surface area contributed by atoms with Gasteiger partial charge in [0.25, 0.3) is 0 Å². The summed E-state index contributed by atoms with van der Waals surface area (Å²) < 4.78 is 0. The van der Waals surface area contributed by atoms with Gasteiger partial charge in [-0.25, -0.2) is 0 Å². The average molecular weight is 302 g/mol. The van der Waals surface area contributed by atoms with Crippen molar-refractivity contribution in [1.82, 2.24) is 0 Å². The third kappa shape index (κ3) is 1.72. The van der Waals surface area contributed by atoms with Crippen molar-refractivity contribution in [2.45, 2.75) is 64.9 Å². The van der Waals surface area contributed by atoms with Crippen LogP contribution in [0.3, 0.4) is 0 Å². The summed E-state index contributed by atoms with van der Waals surface area (Å²) in [5.74, 6) is 1.26. The molecule has 0 saturated heterocycles. The van der Waals surface area contributed by atoms with Gasteiger partial charge in [-0.1, -0.05) is 19.4 Å².